The minimum Gasteiger partial charge on any atom is -0.482 e. The molecule has 0 aliphatic carbocycles. The average molecular weight is 306 g/mol. The van der Waals surface area contributed by atoms with Crippen LogP contribution in [0.1, 0.15) is 11.1 Å². The molecule has 0 aromatic heterocycles. The van der Waals surface area contributed by atoms with Gasteiger partial charge in [-0.3, -0.25) is 20.2 Å². The zero-order valence-corrected chi connectivity index (χ0v) is 11.5. The van der Waals surface area contributed by atoms with Gasteiger partial charge in [0.15, 0.2) is 5.75 Å². The lowest BCUT2D eigenvalue weighted by Crippen LogP contribution is -2.03. The van der Waals surface area contributed by atoms with Crippen LogP contribution < -0.4 is 4.74 Å². The molecule has 0 N–H and O–H groups in total. The van der Waals surface area contributed by atoms with Gasteiger partial charge in [-0.1, -0.05) is 12.1 Å². The highest BCUT2D eigenvalue weighted by Crippen LogP contribution is 2.29. The first-order valence-corrected chi connectivity index (χ1v) is 6.19. The lowest BCUT2D eigenvalue weighted by Gasteiger charge is -2.09. The number of nitro groups is 2. The number of halogens is 1. The van der Waals surface area contributed by atoms with E-state index in [2.05, 4.69) is 0 Å². The van der Waals surface area contributed by atoms with Crippen LogP contribution in [-0.4, -0.2) is 9.85 Å². The lowest BCUT2D eigenvalue weighted by atomic mass is 10.1. The van der Waals surface area contributed by atoms with Gasteiger partial charge in [-0.2, -0.15) is 0 Å². The van der Waals surface area contributed by atoms with Gasteiger partial charge in [0.05, 0.1) is 9.85 Å². The van der Waals surface area contributed by atoms with Gasteiger partial charge in [0.1, 0.15) is 12.4 Å². The zero-order chi connectivity index (χ0) is 16.3. The van der Waals surface area contributed by atoms with Crippen LogP contribution in [0.25, 0.3) is 0 Å². The molecule has 0 saturated heterocycles. The predicted octanol–water partition coefficient (Wildman–Crippen LogP) is 3.53. The SMILES string of the molecule is Cc1c(COc2cc(F)ccc2[N+](=O)[O-])cccc1[N+](=O)[O-]. The topological polar surface area (TPSA) is 95.5 Å². The van der Waals surface area contributed by atoms with Crippen LogP contribution in [0.5, 0.6) is 5.75 Å². The monoisotopic (exact) mass is 306 g/mol. The highest BCUT2D eigenvalue weighted by Gasteiger charge is 2.18. The second-order valence-corrected chi connectivity index (χ2v) is 4.48. The van der Waals surface area contributed by atoms with Crippen molar-refractivity contribution in [3.8, 4) is 5.75 Å². The Morgan fingerprint density at radius 1 is 1.09 bits per heavy atom. The number of nitrogens with zero attached hydrogens (tertiary/aromatic N) is 2. The Balaban J connectivity index is 2.28. The van der Waals surface area contributed by atoms with E-state index in [9.17, 15) is 24.6 Å². The summed E-state index contributed by atoms with van der Waals surface area (Å²) in [7, 11) is 0. The van der Waals surface area contributed by atoms with Crippen molar-refractivity contribution in [3.63, 3.8) is 0 Å². The van der Waals surface area contributed by atoms with E-state index in [4.69, 9.17) is 4.74 Å². The molecule has 0 atom stereocenters. The van der Waals surface area contributed by atoms with E-state index >= 15 is 0 Å². The first-order chi connectivity index (χ1) is 10.4. The van der Waals surface area contributed by atoms with E-state index in [0.717, 1.165) is 18.2 Å². The first kappa shape index (κ1) is 15.4. The van der Waals surface area contributed by atoms with Crippen LogP contribution in [0.15, 0.2) is 36.4 Å². The molecule has 2 rings (SSSR count). The van der Waals surface area contributed by atoms with E-state index in [1.54, 1.807) is 13.0 Å². The minimum absolute atomic E-state index is 0.0742. The van der Waals surface area contributed by atoms with Gasteiger partial charge in [-0.15, -0.1) is 0 Å². The van der Waals surface area contributed by atoms with E-state index in [0.29, 0.717) is 11.1 Å². The molecule has 8 heteroatoms. The van der Waals surface area contributed by atoms with Crippen molar-refractivity contribution < 1.29 is 19.0 Å². The molecule has 0 spiro atoms. The summed E-state index contributed by atoms with van der Waals surface area (Å²) in [6.07, 6.45) is 0. The molecule has 0 fully saturated rings. The fraction of sp³-hybridized carbons (Fsp3) is 0.143. The van der Waals surface area contributed by atoms with Crippen molar-refractivity contribution in [1.82, 2.24) is 0 Å². The fourth-order valence-corrected chi connectivity index (χ4v) is 1.93. The van der Waals surface area contributed by atoms with Gasteiger partial charge < -0.3 is 4.74 Å². The molecule has 0 radical (unpaired) electrons. The maximum atomic E-state index is 13.2. The third-order valence-corrected chi connectivity index (χ3v) is 3.12. The van der Waals surface area contributed by atoms with Crippen molar-refractivity contribution in [2.24, 2.45) is 0 Å². The summed E-state index contributed by atoms with van der Waals surface area (Å²) in [5, 5.41) is 21.7. The van der Waals surface area contributed by atoms with Crippen molar-refractivity contribution in [2.45, 2.75) is 13.5 Å². The third-order valence-electron chi connectivity index (χ3n) is 3.12. The Morgan fingerprint density at radius 3 is 2.41 bits per heavy atom. The summed E-state index contributed by atoms with van der Waals surface area (Å²) >= 11 is 0. The molecule has 0 aliphatic rings. The molecule has 0 heterocycles. The van der Waals surface area contributed by atoms with E-state index in [1.165, 1.54) is 12.1 Å². The molecule has 2 aromatic rings. The number of benzene rings is 2. The standard InChI is InChI=1S/C14H11FN2O5/c1-9-10(3-2-4-12(9)16(18)19)8-22-14-7-11(15)5-6-13(14)17(20)21/h2-7H,8H2,1H3. The van der Waals surface area contributed by atoms with E-state index in [-0.39, 0.29) is 23.7 Å². The van der Waals surface area contributed by atoms with E-state index in [1.807, 2.05) is 0 Å². The van der Waals surface area contributed by atoms with Crippen molar-refractivity contribution in [3.05, 3.63) is 73.6 Å². The number of hydrogen-bond donors (Lipinski definition) is 0. The summed E-state index contributed by atoms with van der Waals surface area (Å²) in [5.41, 5.74) is 0.443. The van der Waals surface area contributed by atoms with Gasteiger partial charge in [0.2, 0.25) is 0 Å². The zero-order valence-electron chi connectivity index (χ0n) is 11.5. The number of hydrogen-bond acceptors (Lipinski definition) is 5. The molecule has 2 aromatic carbocycles. The van der Waals surface area contributed by atoms with Gasteiger partial charge >= 0.3 is 5.69 Å². The Kier molecular flexibility index (Phi) is 4.31. The average Bonchev–Trinajstić information content (AvgIpc) is 2.45. The molecular weight excluding hydrogens is 295 g/mol. The summed E-state index contributed by atoms with van der Waals surface area (Å²) in [6.45, 7) is 1.41. The molecular formula is C14H11FN2O5. The molecule has 7 nitrogen and oxygen atoms in total. The van der Waals surface area contributed by atoms with Crippen molar-refractivity contribution in [2.75, 3.05) is 0 Å². The number of rotatable bonds is 5. The fourth-order valence-electron chi connectivity index (χ4n) is 1.93. The second kappa shape index (κ2) is 6.17. The highest BCUT2D eigenvalue weighted by atomic mass is 19.1. The van der Waals surface area contributed by atoms with Crippen LogP contribution in [0.2, 0.25) is 0 Å². The second-order valence-electron chi connectivity index (χ2n) is 4.48. The van der Waals surface area contributed by atoms with Crippen LogP contribution in [0.4, 0.5) is 15.8 Å². The van der Waals surface area contributed by atoms with Crippen molar-refractivity contribution in [1.29, 1.82) is 0 Å². The maximum Gasteiger partial charge on any atom is 0.311 e. The molecule has 0 aliphatic heterocycles. The van der Waals surface area contributed by atoms with Gasteiger partial charge in [-0.25, -0.2) is 4.39 Å². The van der Waals surface area contributed by atoms with E-state index < -0.39 is 15.7 Å². The molecule has 114 valence electrons. The quantitative estimate of drug-likeness (QED) is 0.622. The van der Waals surface area contributed by atoms with Crippen molar-refractivity contribution >= 4 is 11.4 Å². The lowest BCUT2D eigenvalue weighted by molar-refractivity contribution is -0.386. The first-order valence-electron chi connectivity index (χ1n) is 6.19. The number of ether oxygens (including phenoxy) is 1. The predicted molar refractivity (Wildman–Crippen MR) is 75.2 cm³/mol. The maximum absolute atomic E-state index is 13.2. The molecule has 22 heavy (non-hydrogen) atoms. The van der Waals surface area contributed by atoms with Gasteiger partial charge in [-0.05, 0) is 18.6 Å². The van der Waals surface area contributed by atoms with Crippen LogP contribution in [0, 0.1) is 33.0 Å². The Labute approximate surface area is 124 Å². The number of nitro benzene ring substituents is 2. The molecule has 0 amide bonds. The molecule has 0 unspecified atom stereocenters. The Bertz CT molecular complexity index is 748. The third kappa shape index (κ3) is 3.17. The largest absolute Gasteiger partial charge is 0.482 e. The Morgan fingerprint density at radius 2 is 1.77 bits per heavy atom. The summed E-state index contributed by atoms with van der Waals surface area (Å²) < 4.78 is 18.5. The summed E-state index contributed by atoms with van der Waals surface area (Å²) in [5.74, 6) is -0.896. The van der Waals surface area contributed by atoms with Crippen LogP contribution >= 0.6 is 0 Å². The molecule has 0 saturated carbocycles. The highest BCUT2D eigenvalue weighted by molar-refractivity contribution is 5.47. The Hall–Kier alpha value is -3.03. The smallest absolute Gasteiger partial charge is 0.311 e. The van der Waals surface area contributed by atoms with Gasteiger partial charge in [0.25, 0.3) is 5.69 Å². The molecule has 0 bridgehead atoms. The summed E-state index contributed by atoms with van der Waals surface area (Å²) in [4.78, 5) is 20.5. The van der Waals surface area contributed by atoms with Crippen LogP contribution in [-0.2, 0) is 6.61 Å². The minimum atomic E-state index is -0.685. The normalized spacial score (nSPS) is 10.3. The van der Waals surface area contributed by atoms with Gasteiger partial charge in [0, 0.05) is 23.8 Å². The summed E-state index contributed by atoms with van der Waals surface area (Å²) in [6, 6.07) is 7.32. The van der Waals surface area contributed by atoms with Crippen LogP contribution in [0.3, 0.4) is 0 Å².